The Labute approximate surface area is 385 Å². The molecule has 0 saturated heterocycles. The van der Waals surface area contributed by atoms with Crippen molar-refractivity contribution in [1.82, 2.24) is 0 Å². The summed E-state index contributed by atoms with van der Waals surface area (Å²) in [5.74, 6) is 5.51. The molecule has 0 aliphatic heterocycles. The van der Waals surface area contributed by atoms with Crippen molar-refractivity contribution in [3.05, 3.63) is 273 Å². The summed E-state index contributed by atoms with van der Waals surface area (Å²) in [6.45, 7) is 7.61. The highest BCUT2D eigenvalue weighted by Gasteiger charge is 2.17. The summed E-state index contributed by atoms with van der Waals surface area (Å²) in [4.78, 5) is 15.1. The van der Waals surface area contributed by atoms with E-state index in [1.165, 1.54) is 0 Å². The van der Waals surface area contributed by atoms with E-state index in [4.69, 9.17) is 18.9 Å². The molecule has 0 aliphatic carbocycles. The normalized spacial score (nSPS) is 11.0. The number of allylic oxidation sites excluding steroid dienone is 3. The van der Waals surface area contributed by atoms with Crippen LogP contribution in [0.3, 0.4) is 0 Å². The van der Waals surface area contributed by atoms with Gasteiger partial charge in [0.25, 0.3) is 0 Å². The molecule has 0 fully saturated rings. The molecule has 9 aromatic carbocycles. The van der Waals surface area contributed by atoms with Crippen LogP contribution in [0.1, 0.15) is 15.9 Å². The van der Waals surface area contributed by atoms with Crippen molar-refractivity contribution in [2.45, 2.75) is 0 Å². The molecule has 0 spiro atoms. The van der Waals surface area contributed by atoms with Crippen LogP contribution in [0, 0.1) is 0 Å². The van der Waals surface area contributed by atoms with Gasteiger partial charge < -0.3 is 18.9 Å². The molecule has 0 N–H and O–H groups in total. The molecule has 0 aromatic heterocycles. The van der Waals surface area contributed by atoms with Crippen LogP contribution < -0.4 is 18.9 Å². The molecular weight excluding hydrogens is 813 g/mol. The van der Waals surface area contributed by atoms with E-state index in [2.05, 4.69) is 25.3 Å². The van der Waals surface area contributed by atoms with Crippen LogP contribution in [-0.2, 0) is 0 Å². The lowest BCUT2D eigenvalue weighted by atomic mass is 9.90. The fourth-order valence-corrected chi connectivity index (χ4v) is 7.48. The molecule has 9 aromatic rings. The third-order valence-electron chi connectivity index (χ3n) is 10.8. The summed E-state index contributed by atoms with van der Waals surface area (Å²) < 4.78 is 24.4. The third kappa shape index (κ3) is 10.5. The maximum atomic E-state index is 15.1. The van der Waals surface area contributed by atoms with E-state index in [0.29, 0.717) is 39.9 Å². The van der Waals surface area contributed by atoms with E-state index >= 15 is 4.79 Å². The van der Waals surface area contributed by atoms with Crippen molar-refractivity contribution in [2.75, 3.05) is 0 Å². The Morgan fingerprint density at radius 3 is 0.909 bits per heavy atom. The Morgan fingerprint density at radius 2 is 0.621 bits per heavy atom. The molecule has 5 nitrogen and oxygen atoms in total. The second-order valence-electron chi connectivity index (χ2n) is 15.4. The van der Waals surface area contributed by atoms with Gasteiger partial charge in [0.15, 0.2) is 5.78 Å². The number of hydrogen-bond donors (Lipinski definition) is 0. The number of ether oxygens (including phenoxy) is 4. The molecule has 66 heavy (non-hydrogen) atoms. The predicted molar refractivity (Wildman–Crippen MR) is 267 cm³/mol. The van der Waals surface area contributed by atoms with Gasteiger partial charge in [-0.05, 0) is 178 Å². The SMILES string of the molecule is C=C/C=C(\C=C)Oc1ccc(-c2cc(C(=O)c3cc(-c4ccc(Oc5ccccc5)cc4)cc(-c4ccc(Oc5ccccc5)cc4)c3)cc(-c3ccc(Oc4ccccc4)cc3)c2)cc1. The number of rotatable bonds is 16. The molecule has 318 valence electrons. The van der Waals surface area contributed by atoms with Crippen LogP contribution in [-0.4, -0.2) is 5.78 Å². The number of carbonyl (C=O) groups excluding carboxylic acids is 1. The second-order valence-corrected chi connectivity index (χ2v) is 15.4. The molecule has 5 heteroatoms. The summed E-state index contributed by atoms with van der Waals surface area (Å²) in [5.41, 5.74) is 8.33. The largest absolute Gasteiger partial charge is 0.457 e. The quantitative estimate of drug-likeness (QED) is 0.0550. The highest BCUT2D eigenvalue weighted by Crippen LogP contribution is 2.36. The third-order valence-corrected chi connectivity index (χ3v) is 10.8. The zero-order chi connectivity index (χ0) is 45.1. The van der Waals surface area contributed by atoms with E-state index in [0.717, 1.165) is 61.8 Å². The Bertz CT molecular complexity index is 3020. The molecule has 0 atom stereocenters. The van der Waals surface area contributed by atoms with Gasteiger partial charge in [-0.15, -0.1) is 0 Å². The van der Waals surface area contributed by atoms with Gasteiger partial charge in [0.2, 0.25) is 0 Å². The van der Waals surface area contributed by atoms with E-state index in [9.17, 15) is 0 Å². The second kappa shape index (κ2) is 20.1. The van der Waals surface area contributed by atoms with Gasteiger partial charge in [-0.2, -0.15) is 0 Å². The molecule has 0 amide bonds. The maximum Gasteiger partial charge on any atom is 0.193 e. The minimum absolute atomic E-state index is 0.122. The van der Waals surface area contributed by atoms with Crippen molar-refractivity contribution < 1.29 is 23.7 Å². The predicted octanol–water partition coefficient (Wildman–Crippen LogP) is 16.6. The average molecular weight is 857 g/mol. The number of hydrogen-bond acceptors (Lipinski definition) is 5. The Hall–Kier alpha value is -8.93. The van der Waals surface area contributed by atoms with E-state index in [1.54, 1.807) is 18.2 Å². The standard InChI is InChI=1S/C61H44O5/c1-3-14-53(4-2)63-57-29-21-43(22-30-57)47-37-48(44-23-31-58(32-24-44)64-54-15-8-5-9-16-54)40-51(39-47)61(62)52-41-49(45-25-33-59(34-26-45)65-55-17-10-6-11-18-55)38-50(42-52)46-27-35-60(36-28-46)66-56-19-12-7-13-20-56/h3-42H,1-2H2/b53-14+. The van der Waals surface area contributed by atoms with Gasteiger partial charge in [-0.3, -0.25) is 4.79 Å². The van der Waals surface area contributed by atoms with Crippen LogP contribution in [0.2, 0.25) is 0 Å². The lowest BCUT2D eigenvalue weighted by molar-refractivity contribution is 0.103. The van der Waals surface area contributed by atoms with Crippen molar-refractivity contribution >= 4 is 5.78 Å². The first-order chi connectivity index (χ1) is 32.5. The number of para-hydroxylation sites is 3. The monoisotopic (exact) mass is 856 g/mol. The topological polar surface area (TPSA) is 54.0 Å². The molecule has 0 bridgehead atoms. The summed E-state index contributed by atoms with van der Waals surface area (Å²) in [6.07, 6.45) is 5.05. The van der Waals surface area contributed by atoms with Gasteiger partial charge in [0.05, 0.1) is 0 Å². The zero-order valence-corrected chi connectivity index (χ0v) is 36.0. The fourth-order valence-electron chi connectivity index (χ4n) is 7.48. The molecular formula is C61H44O5. The smallest absolute Gasteiger partial charge is 0.193 e. The maximum absolute atomic E-state index is 15.1. The van der Waals surface area contributed by atoms with Crippen molar-refractivity contribution in [3.63, 3.8) is 0 Å². The molecule has 0 saturated carbocycles. The van der Waals surface area contributed by atoms with Gasteiger partial charge in [0.1, 0.15) is 46.0 Å². The minimum Gasteiger partial charge on any atom is -0.457 e. The first kappa shape index (κ1) is 42.4. The van der Waals surface area contributed by atoms with Crippen LogP contribution in [0.4, 0.5) is 0 Å². The van der Waals surface area contributed by atoms with E-state index < -0.39 is 0 Å². The first-order valence-electron chi connectivity index (χ1n) is 21.5. The Kier molecular flexibility index (Phi) is 12.9. The van der Waals surface area contributed by atoms with Gasteiger partial charge in [-0.1, -0.05) is 122 Å². The molecule has 0 heterocycles. The summed E-state index contributed by atoms with van der Waals surface area (Å²) >= 11 is 0. The van der Waals surface area contributed by atoms with Crippen molar-refractivity contribution in [1.29, 1.82) is 0 Å². The number of benzene rings is 9. The molecule has 0 unspecified atom stereocenters. The highest BCUT2D eigenvalue weighted by molar-refractivity contribution is 6.11. The van der Waals surface area contributed by atoms with E-state index in [1.807, 2.05) is 212 Å². The molecule has 9 rings (SSSR count). The van der Waals surface area contributed by atoms with Crippen LogP contribution in [0.5, 0.6) is 40.2 Å². The van der Waals surface area contributed by atoms with Crippen LogP contribution in [0.25, 0.3) is 44.5 Å². The minimum atomic E-state index is -0.122. The first-order valence-corrected chi connectivity index (χ1v) is 21.5. The molecule has 0 aliphatic rings. The Balaban J connectivity index is 1.10. The zero-order valence-electron chi connectivity index (χ0n) is 36.0. The Morgan fingerprint density at radius 1 is 0.333 bits per heavy atom. The van der Waals surface area contributed by atoms with Gasteiger partial charge in [0, 0.05) is 11.1 Å². The lowest BCUT2D eigenvalue weighted by Crippen LogP contribution is -2.03. The van der Waals surface area contributed by atoms with Crippen LogP contribution in [0.15, 0.2) is 262 Å². The average Bonchev–Trinajstić information content (AvgIpc) is 3.37. The van der Waals surface area contributed by atoms with Crippen molar-refractivity contribution in [2.24, 2.45) is 0 Å². The number of ketones is 1. The van der Waals surface area contributed by atoms with Crippen LogP contribution >= 0.6 is 0 Å². The van der Waals surface area contributed by atoms with Gasteiger partial charge >= 0.3 is 0 Å². The lowest BCUT2D eigenvalue weighted by Gasteiger charge is -2.14. The van der Waals surface area contributed by atoms with E-state index in [-0.39, 0.29) is 5.78 Å². The fraction of sp³-hybridized carbons (Fsp3) is 0. The highest BCUT2D eigenvalue weighted by atomic mass is 16.5. The summed E-state index contributed by atoms with van der Waals surface area (Å²) in [7, 11) is 0. The molecule has 0 radical (unpaired) electrons. The summed E-state index contributed by atoms with van der Waals surface area (Å²) in [6, 6.07) is 72.7. The number of carbonyl (C=O) groups is 1. The van der Waals surface area contributed by atoms with Crippen molar-refractivity contribution in [3.8, 4) is 84.8 Å². The summed E-state index contributed by atoms with van der Waals surface area (Å²) in [5, 5.41) is 0. The van der Waals surface area contributed by atoms with Gasteiger partial charge in [-0.25, -0.2) is 0 Å².